The minimum Gasteiger partial charge on any atom is -0.345 e. The molecular weight excluding hydrogens is 322 g/mol. The first-order valence-electron chi connectivity index (χ1n) is 5.30. The fourth-order valence-electron chi connectivity index (χ4n) is 1.40. The zero-order valence-corrected chi connectivity index (χ0v) is 11.9. The van der Waals surface area contributed by atoms with Crippen molar-refractivity contribution in [3.05, 3.63) is 33.3 Å². The van der Waals surface area contributed by atoms with Crippen LogP contribution in [-0.4, -0.2) is 25.9 Å². The van der Waals surface area contributed by atoms with Gasteiger partial charge in [0.15, 0.2) is 0 Å². The molecule has 18 heavy (non-hydrogen) atoms. The monoisotopic (exact) mass is 331 g/mol. The van der Waals surface area contributed by atoms with Gasteiger partial charge in [0.2, 0.25) is 0 Å². The van der Waals surface area contributed by atoms with Crippen molar-refractivity contribution in [1.29, 1.82) is 0 Å². The standard InChI is InChI=1S/C10H11BrClN5O/c1-2-17-5-7(12)8(16-17)4-13-10(18)9-6(11)3-14-15-9/h3,5H,2,4H2,1H3,(H,13,18)(H,14,15). The third kappa shape index (κ3) is 2.73. The van der Waals surface area contributed by atoms with Crippen LogP contribution in [0.2, 0.25) is 5.02 Å². The van der Waals surface area contributed by atoms with Gasteiger partial charge in [0, 0.05) is 12.7 Å². The van der Waals surface area contributed by atoms with Crippen molar-refractivity contribution in [2.75, 3.05) is 0 Å². The summed E-state index contributed by atoms with van der Waals surface area (Å²) in [4.78, 5) is 11.8. The van der Waals surface area contributed by atoms with E-state index in [0.717, 1.165) is 6.54 Å². The molecule has 0 unspecified atom stereocenters. The first kappa shape index (κ1) is 13.1. The molecular formula is C10H11BrClN5O. The first-order chi connectivity index (χ1) is 8.61. The van der Waals surface area contributed by atoms with Gasteiger partial charge in [-0.05, 0) is 22.9 Å². The molecule has 0 bridgehead atoms. The Balaban J connectivity index is 2.01. The molecule has 2 aromatic rings. The Hall–Kier alpha value is -1.34. The maximum absolute atomic E-state index is 11.8. The van der Waals surface area contributed by atoms with E-state index in [0.29, 0.717) is 20.9 Å². The van der Waals surface area contributed by atoms with Gasteiger partial charge in [-0.2, -0.15) is 10.2 Å². The summed E-state index contributed by atoms with van der Waals surface area (Å²) >= 11 is 9.22. The molecule has 0 aliphatic rings. The summed E-state index contributed by atoms with van der Waals surface area (Å²) in [6, 6.07) is 0. The van der Waals surface area contributed by atoms with Crippen LogP contribution < -0.4 is 5.32 Å². The number of aromatic nitrogens is 4. The Morgan fingerprint density at radius 1 is 1.67 bits per heavy atom. The van der Waals surface area contributed by atoms with Crippen molar-refractivity contribution in [3.8, 4) is 0 Å². The largest absolute Gasteiger partial charge is 0.345 e. The van der Waals surface area contributed by atoms with Crippen LogP contribution in [0.4, 0.5) is 0 Å². The van der Waals surface area contributed by atoms with E-state index >= 15 is 0 Å². The Morgan fingerprint density at radius 2 is 2.44 bits per heavy atom. The summed E-state index contributed by atoms with van der Waals surface area (Å²) in [5.41, 5.74) is 1.02. The van der Waals surface area contributed by atoms with Crippen LogP contribution >= 0.6 is 27.5 Å². The van der Waals surface area contributed by atoms with Gasteiger partial charge in [0.25, 0.3) is 5.91 Å². The van der Waals surface area contributed by atoms with E-state index in [-0.39, 0.29) is 12.5 Å². The van der Waals surface area contributed by atoms with Gasteiger partial charge in [0.1, 0.15) is 11.4 Å². The molecule has 6 nitrogen and oxygen atoms in total. The van der Waals surface area contributed by atoms with Crippen LogP contribution in [0, 0.1) is 0 Å². The predicted octanol–water partition coefficient (Wildman–Crippen LogP) is 1.97. The molecule has 0 saturated heterocycles. The molecule has 96 valence electrons. The van der Waals surface area contributed by atoms with Crippen molar-refractivity contribution in [1.82, 2.24) is 25.3 Å². The van der Waals surface area contributed by atoms with Crippen LogP contribution in [0.25, 0.3) is 0 Å². The fraction of sp³-hybridized carbons (Fsp3) is 0.300. The summed E-state index contributed by atoms with van der Waals surface area (Å²) in [5.74, 6) is -0.263. The lowest BCUT2D eigenvalue weighted by Crippen LogP contribution is -2.24. The second-order valence-electron chi connectivity index (χ2n) is 3.56. The number of nitrogens with one attached hydrogen (secondary N) is 2. The minimum atomic E-state index is -0.263. The molecule has 2 N–H and O–H groups in total. The molecule has 0 radical (unpaired) electrons. The molecule has 0 aliphatic carbocycles. The zero-order valence-electron chi connectivity index (χ0n) is 9.57. The van der Waals surface area contributed by atoms with Gasteiger partial charge >= 0.3 is 0 Å². The van der Waals surface area contributed by atoms with Crippen molar-refractivity contribution in [3.63, 3.8) is 0 Å². The topological polar surface area (TPSA) is 75.6 Å². The Bertz CT molecular complexity index is 564. The smallest absolute Gasteiger partial charge is 0.270 e. The van der Waals surface area contributed by atoms with Gasteiger partial charge in [-0.15, -0.1) is 0 Å². The van der Waals surface area contributed by atoms with E-state index in [1.807, 2.05) is 6.92 Å². The van der Waals surface area contributed by atoms with Gasteiger partial charge in [-0.1, -0.05) is 11.6 Å². The molecule has 2 aromatic heterocycles. The highest BCUT2D eigenvalue weighted by Crippen LogP contribution is 2.15. The molecule has 0 saturated carbocycles. The number of aromatic amines is 1. The highest BCUT2D eigenvalue weighted by molar-refractivity contribution is 9.10. The van der Waals surface area contributed by atoms with Crippen LogP contribution in [0.15, 0.2) is 16.9 Å². The molecule has 0 atom stereocenters. The lowest BCUT2D eigenvalue weighted by atomic mass is 10.4. The average Bonchev–Trinajstić information content (AvgIpc) is 2.92. The Labute approximate surface area is 117 Å². The zero-order chi connectivity index (χ0) is 13.1. The maximum atomic E-state index is 11.8. The summed E-state index contributed by atoms with van der Waals surface area (Å²) in [6.45, 7) is 2.98. The van der Waals surface area contributed by atoms with Crippen LogP contribution in [-0.2, 0) is 13.1 Å². The highest BCUT2D eigenvalue weighted by atomic mass is 79.9. The number of carbonyl (C=O) groups is 1. The maximum Gasteiger partial charge on any atom is 0.270 e. The second-order valence-corrected chi connectivity index (χ2v) is 4.82. The Kier molecular flexibility index (Phi) is 4.03. The number of halogens is 2. The third-order valence-electron chi connectivity index (χ3n) is 2.35. The molecule has 2 heterocycles. The van der Waals surface area contributed by atoms with Crippen molar-refractivity contribution < 1.29 is 4.79 Å². The number of nitrogens with zero attached hydrogens (tertiary/aromatic N) is 3. The molecule has 8 heteroatoms. The van der Waals surface area contributed by atoms with Crippen LogP contribution in [0.5, 0.6) is 0 Å². The number of H-pyrrole nitrogens is 1. The quantitative estimate of drug-likeness (QED) is 0.899. The van der Waals surface area contributed by atoms with Crippen LogP contribution in [0.1, 0.15) is 23.1 Å². The van der Waals surface area contributed by atoms with Crippen molar-refractivity contribution >= 4 is 33.4 Å². The fourth-order valence-corrected chi connectivity index (χ4v) is 1.99. The molecule has 0 aliphatic heterocycles. The number of amides is 1. The van der Waals surface area contributed by atoms with E-state index in [4.69, 9.17) is 11.6 Å². The summed E-state index contributed by atoms with van der Waals surface area (Å²) < 4.78 is 2.33. The number of carbonyl (C=O) groups excluding carboxylic acids is 1. The SMILES string of the molecule is CCn1cc(Cl)c(CNC(=O)c2[nH]ncc2Br)n1. The van der Waals surface area contributed by atoms with Crippen molar-refractivity contribution in [2.45, 2.75) is 20.0 Å². The Morgan fingerprint density at radius 3 is 3.00 bits per heavy atom. The lowest BCUT2D eigenvalue weighted by Gasteiger charge is -2.02. The summed E-state index contributed by atoms with van der Waals surface area (Å²) in [7, 11) is 0. The highest BCUT2D eigenvalue weighted by Gasteiger charge is 2.13. The molecule has 0 aromatic carbocycles. The van der Waals surface area contributed by atoms with Gasteiger partial charge in [-0.3, -0.25) is 14.6 Å². The number of hydrogen-bond acceptors (Lipinski definition) is 3. The van der Waals surface area contributed by atoms with E-state index in [2.05, 4.69) is 36.5 Å². The third-order valence-corrected chi connectivity index (χ3v) is 3.26. The number of hydrogen-bond donors (Lipinski definition) is 2. The molecule has 0 spiro atoms. The first-order valence-corrected chi connectivity index (χ1v) is 6.47. The molecule has 2 rings (SSSR count). The van der Waals surface area contributed by atoms with E-state index < -0.39 is 0 Å². The summed E-state index contributed by atoms with van der Waals surface area (Å²) in [5, 5.41) is 13.9. The molecule has 0 fully saturated rings. The summed E-state index contributed by atoms with van der Waals surface area (Å²) in [6.07, 6.45) is 3.25. The van der Waals surface area contributed by atoms with Crippen LogP contribution in [0.3, 0.4) is 0 Å². The van der Waals surface area contributed by atoms with Crippen molar-refractivity contribution in [2.24, 2.45) is 0 Å². The van der Waals surface area contributed by atoms with Gasteiger partial charge in [-0.25, -0.2) is 0 Å². The average molecular weight is 333 g/mol. The van der Waals surface area contributed by atoms with Gasteiger partial charge < -0.3 is 5.32 Å². The van der Waals surface area contributed by atoms with E-state index in [9.17, 15) is 4.79 Å². The minimum absolute atomic E-state index is 0.263. The van der Waals surface area contributed by atoms with E-state index in [1.54, 1.807) is 10.9 Å². The predicted molar refractivity (Wildman–Crippen MR) is 70.4 cm³/mol. The second kappa shape index (κ2) is 5.53. The molecule has 1 amide bonds. The number of rotatable bonds is 4. The van der Waals surface area contributed by atoms with E-state index in [1.165, 1.54) is 6.20 Å². The normalized spacial score (nSPS) is 10.6. The number of aryl methyl sites for hydroxylation is 1. The van der Waals surface area contributed by atoms with Gasteiger partial charge in [0.05, 0.1) is 22.2 Å². The lowest BCUT2D eigenvalue weighted by molar-refractivity contribution is 0.0944.